The van der Waals surface area contributed by atoms with Gasteiger partial charge in [-0.1, -0.05) is 23.7 Å². The lowest BCUT2D eigenvalue weighted by Gasteiger charge is -2.11. The van der Waals surface area contributed by atoms with Gasteiger partial charge in [0.15, 0.2) is 11.6 Å². The van der Waals surface area contributed by atoms with Crippen molar-refractivity contribution in [3.8, 4) is 0 Å². The molecule has 1 heterocycles. The molecule has 3 aromatic carbocycles. The van der Waals surface area contributed by atoms with Crippen molar-refractivity contribution in [3.05, 3.63) is 92.7 Å². The number of aromatic nitrogens is 2. The van der Waals surface area contributed by atoms with Crippen LogP contribution in [0.15, 0.2) is 64.3 Å². The Morgan fingerprint density at radius 1 is 1.06 bits per heavy atom. The Morgan fingerprint density at radius 3 is 2.58 bits per heavy atom. The number of hydrogen-bond donors (Lipinski definition) is 2. The van der Waals surface area contributed by atoms with Gasteiger partial charge in [0, 0.05) is 10.7 Å². The van der Waals surface area contributed by atoms with Crippen molar-refractivity contribution >= 4 is 38.2 Å². The Balaban J connectivity index is 1.67. The molecule has 160 valence electrons. The molecule has 0 aliphatic carbocycles. The molecule has 0 bridgehead atoms. The van der Waals surface area contributed by atoms with E-state index < -0.39 is 27.2 Å². The molecule has 6 nitrogen and oxygen atoms in total. The molecular formula is C21H16ClF2N3O3S. The van der Waals surface area contributed by atoms with Crippen LogP contribution >= 0.6 is 11.6 Å². The fourth-order valence-electron chi connectivity index (χ4n) is 3.24. The van der Waals surface area contributed by atoms with Gasteiger partial charge in [-0.3, -0.25) is 14.6 Å². The molecule has 0 fully saturated rings. The molecule has 31 heavy (non-hydrogen) atoms. The lowest BCUT2D eigenvalue weighted by Crippen LogP contribution is -2.17. The van der Waals surface area contributed by atoms with Crippen LogP contribution in [-0.4, -0.2) is 18.2 Å². The van der Waals surface area contributed by atoms with Crippen molar-refractivity contribution in [2.75, 3.05) is 4.72 Å². The van der Waals surface area contributed by atoms with Crippen molar-refractivity contribution in [2.45, 2.75) is 18.4 Å². The standard InChI is InChI=1S/C21H16ClF2N3O3S/c1-12-16(22)3-2-4-20(12)31(29,30)26-14-6-8-19-15(10-14)21(28)27(25-19)11-13-5-7-17(23)18(24)9-13/h2-10,25-26H,11H2,1H3. The summed E-state index contributed by atoms with van der Waals surface area (Å²) >= 11 is 6.02. The maximum atomic E-state index is 13.4. The molecule has 0 unspecified atom stereocenters. The van der Waals surface area contributed by atoms with Crippen LogP contribution in [0.2, 0.25) is 5.02 Å². The summed E-state index contributed by atoms with van der Waals surface area (Å²) < 4.78 is 55.8. The van der Waals surface area contributed by atoms with Crippen LogP contribution in [0.1, 0.15) is 11.1 Å². The van der Waals surface area contributed by atoms with E-state index in [9.17, 15) is 22.0 Å². The van der Waals surface area contributed by atoms with Crippen LogP contribution in [0.4, 0.5) is 14.5 Å². The quantitative estimate of drug-likeness (QED) is 0.459. The molecule has 0 saturated heterocycles. The van der Waals surface area contributed by atoms with E-state index in [1.54, 1.807) is 19.1 Å². The fourth-order valence-corrected chi connectivity index (χ4v) is 4.79. The Kier molecular flexibility index (Phi) is 5.32. The monoisotopic (exact) mass is 463 g/mol. The molecule has 10 heteroatoms. The first-order valence-corrected chi connectivity index (χ1v) is 11.0. The number of benzene rings is 3. The van der Waals surface area contributed by atoms with Crippen LogP contribution in [0.25, 0.3) is 10.9 Å². The number of nitrogens with one attached hydrogen (secondary N) is 2. The van der Waals surface area contributed by atoms with Crippen molar-refractivity contribution in [2.24, 2.45) is 0 Å². The van der Waals surface area contributed by atoms with E-state index in [1.807, 2.05) is 0 Å². The lowest BCUT2D eigenvalue weighted by atomic mass is 10.2. The zero-order chi connectivity index (χ0) is 22.3. The first-order valence-electron chi connectivity index (χ1n) is 9.10. The average Bonchev–Trinajstić information content (AvgIpc) is 3.01. The van der Waals surface area contributed by atoms with E-state index in [0.29, 0.717) is 21.7 Å². The van der Waals surface area contributed by atoms with Gasteiger partial charge in [0.1, 0.15) is 0 Å². The van der Waals surface area contributed by atoms with Gasteiger partial charge in [-0.05, 0) is 60.5 Å². The van der Waals surface area contributed by atoms with Crippen molar-refractivity contribution in [1.82, 2.24) is 9.78 Å². The molecule has 0 spiro atoms. The van der Waals surface area contributed by atoms with Gasteiger partial charge in [-0.2, -0.15) is 0 Å². The fraction of sp³-hybridized carbons (Fsp3) is 0.0952. The molecule has 2 N–H and O–H groups in total. The summed E-state index contributed by atoms with van der Waals surface area (Å²) in [6, 6.07) is 12.4. The van der Waals surface area contributed by atoms with Gasteiger partial charge in [0.25, 0.3) is 15.6 Å². The Hall–Kier alpha value is -3.17. The highest BCUT2D eigenvalue weighted by molar-refractivity contribution is 7.92. The minimum absolute atomic E-state index is 0.00647. The van der Waals surface area contributed by atoms with E-state index in [0.717, 1.165) is 12.1 Å². The summed E-state index contributed by atoms with van der Waals surface area (Å²) in [4.78, 5) is 12.8. The predicted octanol–water partition coefficient (Wildman–Crippen LogP) is 4.42. The van der Waals surface area contributed by atoms with E-state index >= 15 is 0 Å². The number of aromatic amines is 1. The van der Waals surface area contributed by atoms with Gasteiger partial charge < -0.3 is 0 Å². The number of fused-ring (bicyclic) bond motifs is 1. The van der Waals surface area contributed by atoms with Crippen LogP contribution in [0.5, 0.6) is 0 Å². The number of nitrogens with zero attached hydrogens (tertiary/aromatic N) is 1. The molecule has 0 atom stereocenters. The summed E-state index contributed by atoms with van der Waals surface area (Å²) in [6.07, 6.45) is 0. The Morgan fingerprint density at radius 2 is 1.84 bits per heavy atom. The van der Waals surface area contributed by atoms with Crippen LogP contribution in [0, 0.1) is 18.6 Å². The normalized spacial score (nSPS) is 11.7. The maximum absolute atomic E-state index is 13.4. The third-order valence-electron chi connectivity index (χ3n) is 4.83. The number of halogens is 3. The molecule has 4 aromatic rings. The molecule has 1 aromatic heterocycles. The predicted molar refractivity (Wildman–Crippen MR) is 115 cm³/mol. The largest absolute Gasteiger partial charge is 0.295 e. The van der Waals surface area contributed by atoms with E-state index in [4.69, 9.17) is 11.6 Å². The molecule has 0 aliphatic heterocycles. The van der Waals surface area contributed by atoms with Crippen molar-refractivity contribution in [3.63, 3.8) is 0 Å². The molecule has 0 amide bonds. The van der Waals surface area contributed by atoms with Crippen LogP contribution in [0.3, 0.4) is 0 Å². The highest BCUT2D eigenvalue weighted by Crippen LogP contribution is 2.25. The van der Waals surface area contributed by atoms with Gasteiger partial charge in [0.05, 0.1) is 22.3 Å². The van der Waals surface area contributed by atoms with E-state index in [-0.39, 0.29) is 22.5 Å². The summed E-state index contributed by atoms with van der Waals surface area (Å²) in [6.45, 7) is 1.59. The van der Waals surface area contributed by atoms with Gasteiger partial charge in [-0.25, -0.2) is 21.9 Å². The second-order valence-electron chi connectivity index (χ2n) is 6.98. The number of H-pyrrole nitrogens is 1. The summed E-state index contributed by atoms with van der Waals surface area (Å²) in [5.41, 5.74) is 1.04. The summed E-state index contributed by atoms with van der Waals surface area (Å²) in [7, 11) is -3.93. The van der Waals surface area contributed by atoms with E-state index in [2.05, 4.69) is 9.82 Å². The maximum Gasteiger partial charge on any atom is 0.274 e. The van der Waals surface area contributed by atoms with Gasteiger partial charge in [-0.15, -0.1) is 0 Å². The zero-order valence-corrected chi connectivity index (χ0v) is 17.7. The highest BCUT2D eigenvalue weighted by Gasteiger charge is 2.19. The minimum atomic E-state index is -3.93. The van der Waals surface area contributed by atoms with Crippen molar-refractivity contribution < 1.29 is 17.2 Å². The number of anilines is 1. The first-order chi connectivity index (χ1) is 14.7. The molecule has 0 saturated carbocycles. The van der Waals surface area contributed by atoms with Gasteiger partial charge in [0.2, 0.25) is 0 Å². The second-order valence-corrected chi connectivity index (χ2v) is 9.04. The number of sulfonamides is 1. The number of hydrogen-bond acceptors (Lipinski definition) is 3. The smallest absolute Gasteiger partial charge is 0.274 e. The van der Waals surface area contributed by atoms with Crippen LogP contribution < -0.4 is 10.3 Å². The van der Waals surface area contributed by atoms with E-state index in [1.165, 1.54) is 35.0 Å². The molecule has 0 radical (unpaired) electrons. The second kappa shape index (κ2) is 7.82. The minimum Gasteiger partial charge on any atom is -0.295 e. The first kappa shape index (κ1) is 21.1. The van der Waals surface area contributed by atoms with Gasteiger partial charge >= 0.3 is 0 Å². The zero-order valence-electron chi connectivity index (χ0n) is 16.1. The molecule has 0 aliphatic rings. The lowest BCUT2D eigenvalue weighted by molar-refractivity contribution is 0.505. The average molecular weight is 464 g/mol. The third kappa shape index (κ3) is 4.06. The SMILES string of the molecule is Cc1c(Cl)cccc1S(=O)(=O)Nc1ccc2[nH]n(Cc3ccc(F)c(F)c3)c(=O)c2c1. The summed E-state index contributed by atoms with van der Waals surface area (Å²) in [5.74, 6) is -1.98. The molecule has 4 rings (SSSR count). The highest BCUT2D eigenvalue weighted by atomic mass is 35.5. The third-order valence-corrected chi connectivity index (χ3v) is 6.77. The Labute approximate surface area is 181 Å². The Bertz CT molecular complexity index is 1480. The van der Waals surface area contributed by atoms with Crippen molar-refractivity contribution in [1.29, 1.82) is 0 Å². The topological polar surface area (TPSA) is 84.0 Å². The number of rotatable bonds is 5. The summed E-state index contributed by atoms with van der Waals surface area (Å²) in [5, 5.41) is 3.44. The molecular weight excluding hydrogens is 448 g/mol. The van der Waals surface area contributed by atoms with Crippen LogP contribution in [-0.2, 0) is 16.6 Å².